The highest BCUT2D eigenvalue weighted by Crippen LogP contribution is 2.22. The van der Waals surface area contributed by atoms with E-state index in [4.69, 9.17) is 4.74 Å². The number of hydrogen-bond donors (Lipinski definition) is 0. The summed E-state index contributed by atoms with van der Waals surface area (Å²) in [6.07, 6.45) is 0.718. The molecule has 4 nitrogen and oxygen atoms in total. The van der Waals surface area contributed by atoms with Crippen molar-refractivity contribution in [1.29, 1.82) is 0 Å². The third kappa shape index (κ3) is 2.37. The van der Waals surface area contributed by atoms with Crippen LogP contribution in [-0.2, 0) is 11.3 Å². The van der Waals surface area contributed by atoms with Gasteiger partial charge in [0.25, 0.3) is 0 Å². The smallest absolute Gasteiger partial charge is 0.355 e. The number of methoxy groups -OCH3 is 1. The van der Waals surface area contributed by atoms with Crippen LogP contribution in [0, 0.1) is 13.8 Å². The molecule has 1 heterocycles. The molecule has 0 fully saturated rings. The Bertz CT molecular complexity index is 641. The molecule has 4 heteroatoms. The van der Waals surface area contributed by atoms with E-state index in [1.165, 1.54) is 7.11 Å². The van der Waals surface area contributed by atoms with E-state index in [1.807, 2.05) is 48.7 Å². The molecule has 104 valence electrons. The lowest BCUT2D eigenvalue weighted by Gasteiger charge is -2.11. The molecule has 0 saturated heterocycles. The van der Waals surface area contributed by atoms with Gasteiger partial charge in [-0.05, 0) is 25.0 Å². The molecule has 1 aromatic heterocycles. The minimum absolute atomic E-state index is 0.321. The first-order chi connectivity index (χ1) is 9.60. The third-order valence-corrected chi connectivity index (χ3v) is 3.56. The lowest BCUT2D eigenvalue weighted by molar-refractivity contribution is 0.0586. The SMILES string of the molecule is COC(=O)c1c(C=O)c(C)c(C)n1Cc1ccccc1. The average Bonchev–Trinajstić information content (AvgIpc) is 2.72. The van der Waals surface area contributed by atoms with Crippen LogP contribution in [0.3, 0.4) is 0 Å². The van der Waals surface area contributed by atoms with Crippen LogP contribution < -0.4 is 0 Å². The fraction of sp³-hybridized carbons (Fsp3) is 0.250. The number of hydrogen-bond acceptors (Lipinski definition) is 3. The van der Waals surface area contributed by atoms with Gasteiger partial charge in [-0.15, -0.1) is 0 Å². The van der Waals surface area contributed by atoms with Gasteiger partial charge in [-0.3, -0.25) is 4.79 Å². The molecule has 0 radical (unpaired) electrons. The summed E-state index contributed by atoms with van der Waals surface area (Å²) < 4.78 is 6.64. The van der Waals surface area contributed by atoms with Gasteiger partial charge in [-0.25, -0.2) is 4.79 Å². The van der Waals surface area contributed by atoms with E-state index in [2.05, 4.69) is 0 Å². The van der Waals surface area contributed by atoms with Crippen molar-refractivity contribution in [2.45, 2.75) is 20.4 Å². The number of aldehydes is 1. The predicted octanol–water partition coefficient (Wildman–Crippen LogP) is 2.75. The van der Waals surface area contributed by atoms with E-state index in [0.717, 1.165) is 23.1 Å². The summed E-state index contributed by atoms with van der Waals surface area (Å²) in [7, 11) is 1.32. The van der Waals surface area contributed by atoms with Gasteiger partial charge < -0.3 is 9.30 Å². The fourth-order valence-electron chi connectivity index (χ4n) is 2.31. The number of carbonyl (C=O) groups is 2. The van der Waals surface area contributed by atoms with Crippen molar-refractivity contribution in [2.24, 2.45) is 0 Å². The normalized spacial score (nSPS) is 10.3. The van der Waals surface area contributed by atoms with Crippen molar-refractivity contribution in [3.05, 3.63) is 58.4 Å². The third-order valence-electron chi connectivity index (χ3n) is 3.56. The number of nitrogens with zero attached hydrogens (tertiary/aromatic N) is 1. The van der Waals surface area contributed by atoms with Gasteiger partial charge in [0, 0.05) is 12.2 Å². The van der Waals surface area contributed by atoms with Crippen LogP contribution in [0.15, 0.2) is 30.3 Å². The molecule has 0 spiro atoms. The lowest BCUT2D eigenvalue weighted by Crippen LogP contribution is -2.14. The summed E-state index contributed by atoms with van der Waals surface area (Å²) in [5, 5.41) is 0. The number of carbonyl (C=O) groups excluding carboxylic acids is 2. The molecule has 2 aromatic rings. The first kappa shape index (κ1) is 14.1. The van der Waals surface area contributed by atoms with Crippen molar-refractivity contribution in [1.82, 2.24) is 4.57 Å². The molecule has 0 aliphatic rings. The van der Waals surface area contributed by atoms with Crippen LogP contribution >= 0.6 is 0 Å². The Morgan fingerprint density at radius 1 is 1.25 bits per heavy atom. The fourth-order valence-corrected chi connectivity index (χ4v) is 2.31. The quantitative estimate of drug-likeness (QED) is 0.634. The van der Waals surface area contributed by atoms with Gasteiger partial charge in [-0.2, -0.15) is 0 Å². The molecular formula is C16H17NO3. The Labute approximate surface area is 118 Å². The summed E-state index contributed by atoms with van der Waals surface area (Å²) in [5.41, 5.74) is 3.51. The zero-order valence-corrected chi connectivity index (χ0v) is 11.8. The van der Waals surface area contributed by atoms with E-state index >= 15 is 0 Å². The average molecular weight is 271 g/mol. The highest BCUT2D eigenvalue weighted by atomic mass is 16.5. The maximum Gasteiger partial charge on any atom is 0.355 e. The minimum Gasteiger partial charge on any atom is -0.464 e. The molecule has 0 bridgehead atoms. The summed E-state index contributed by atoms with van der Waals surface area (Å²) >= 11 is 0. The van der Waals surface area contributed by atoms with Crippen molar-refractivity contribution >= 4 is 12.3 Å². The second-order valence-corrected chi connectivity index (χ2v) is 4.65. The van der Waals surface area contributed by atoms with E-state index in [-0.39, 0.29) is 0 Å². The number of benzene rings is 1. The number of rotatable bonds is 4. The summed E-state index contributed by atoms with van der Waals surface area (Å²) in [4.78, 5) is 23.2. The van der Waals surface area contributed by atoms with Crippen molar-refractivity contribution < 1.29 is 14.3 Å². The molecular weight excluding hydrogens is 254 g/mol. The molecule has 0 N–H and O–H groups in total. The molecule has 0 atom stereocenters. The Hall–Kier alpha value is -2.36. The second-order valence-electron chi connectivity index (χ2n) is 4.65. The van der Waals surface area contributed by atoms with E-state index in [9.17, 15) is 9.59 Å². The summed E-state index contributed by atoms with van der Waals surface area (Å²) in [6, 6.07) is 9.79. The van der Waals surface area contributed by atoms with E-state index in [1.54, 1.807) is 0 Å². The highest BCUT2D eigenvalue weighted by Gasteiger charge is 2.23. The van der Waals surface area contributed by atoms with Gasteiger partial charge in [-0.1, -0.05) is 30.3 Å². The van der Waals surface area contributed by atoms with Crippen molar-refractivity contribution in [2.75, 3.05) is 7.11 Å². The molecule has 1 aromatic carbocycles. The molecule has 0 amide bonds. The summed E-state index contributed by atoms with van der Waals surface area (Å²) in [6.45, 7) is 4.27. The van der Waals surface area contributed by atoms with E-state index in [0.29, 0.717) is 17.8 Å². The minimum atomic E-state index is -0.487. The van der Waals surface area contributed by atoms with Crippen LogP contribution in [0.25, 0.3) is 0 Å². The monoisotopic (exact) mass is 271 g/mol. The van der Waals surface area contributed by atoms with Gasteiger partial charge in [0.1, 0.15) is 5.69 Å². The summed E-state index contributed by atoms with van der Waals surface area (Å²) in [5.74, 6) is -0.487. The number of esters is 1. The molecule has 0 aliphatic heterocycles. The number of aromatic nitrogens is 1. The van der Waals surface area contributed by atoms with Crippen LogP contribution in [0.2, 0.25) is 0 Å². The lowest BCUT2D eigenvalue weighted by atomic mass is 10.1. The molecule has 2 rings (SSSR count). The zero-order chi connectivity index (χ0) is 14.7. The van der Waals surface area contributed by atoms with Gasteiger partial charge in [0.05, 0.1) is 12.7 Å². The van der Waals surface area contributed by atoms with Crippen molar-refractivity contribution in [3.8, 4) is 0 Å². The maximum atomic E-state index is 12.0. The molecule has 0 saturated carbocycles. The van der Waals surface area contributed by atoms with Gasteiger partial charge >= 0.3 is 5.97 Å². The highest BCUT2D eigenvalue weighted by molar-refractivity contribution is 5.98. The Balaban J connectivity index is 2.56. The first-order valence-electron chi connectivity index (χ1n) is 6.37. The zero-order valence-electron chi connectivity index (χ0n) is 11.8. The molecule has 0 aliphatic carbocycles. The van der Waals surface area contributed by atoms with Crippen LogP contribution in [-0.4, -0.2) is 23.9 Å². The second kappa shape index (κ2) is 5.74. The standard InChI is InChI=1S/C16H17NO3/c1-11-12(2)17(9-13-7-5-4-6-8-13)15(14(11)10-18)16(19)20-3/h4-8,10H,9H2,1-3H3. The number of ether oxygens (including phenoxy) is 1. The van der Waals surface area contributed by atoms with E-state index < -0.39 is 5.97 Å². The predicted molar refractivity (Wildman–Crippen MR) is 76.2 cm³/mol. The van der Waals surface area contributed by atoms with Gasteiger partial charge in [0.2, 0.25) is 0 Å². The molecule has 20 heavy (non-hydrogen) atoms. The molecule has 0 unspecified atom stereocenters. The van der Waals surface area contributed by atoms with Crippen LogP contribution in [0.1, 0.15) is 37.7 Å². The first-order valence-corrected chi connectivity index (χ1v) is 6.37. The van der Waals surface area contributed by atoms with Crippen molar-refractivity contribution in [3.63, 3.8) is 0 Å². The van der Waals surface area contributed by atoms with Crippen LogP contribution in [0.5, 0.6) is 0 Å². The Morgan fingerprint density at radius 2 is 1.90 bits per heavy atom. The topological polar surface area (TPSA) is 48.3 Å². The van der Waals surface area contributed by atoms with Gasteiger partial charge in [0.15, 0.2) is 6.29 Å². The Morgan fingerprint density at radius 3 is 2.45 bits per heavy atom. The van der Waals surface area contributed by atoms with Crippen LogP contribution in [0.4, 0.5) is 0 Å². The Kier molecular flexibility index (Phi) is 4.03. The maximum absolute atomic E-state index is 12.0. The largest absolute Gasteiger partial charge is 0.464 e.